The van der Waals surface area contributed by atoms with Gasteiger partial charge in [-0.25, -0.2) is 0 Å². The van der Waals surface area contributed by atoms with E-state index in [9.17, 15) is 4.79 Å². The topological polar surface area (TPSA) is 17.1 Å². The van der Waals surface area contributed by atoms with Gasteiger partial charge in [-0.3, -0.25) is 4.79 Å². The van der Waals surface area contributed by atoms with Gasteiger partial charge < -0.3 is 0 Å². The number of ketones is 1. The fourth-order valence-corrected chi connectivity index (χ4v) is 1.88. The highest BCUT2D eigenvalue weighted by Gasteiger charge is 2.22. The van der Waals surface area contributed by atoms with Gasteiger partial charge in [-0.1, -0.05) is 52.3 Å². The van der Waals surface area contributed by atoms with Crippen LogP contribution < -0.4 is 0 Å². The van der Waals surface area contributed by atoms with Crippen LogP contribution in [0.25, 0.3) is 0 Å². The van der Waals surface area contributed by atoms with E-state index in [1.165, 1.54) is 11.1 Å². The van der Waals surface area contributed by atoms with Crippen molar-refractivity contribution < 1.29 is 4.79 Å². The maximum Gasteiger partial charge on any atom is 0.140 e. The molecule has 0 aromatic heterocycles. The van der Waals surface area contributed by atoms with E-state index >= 15 is 0 Å². The minimum atomic E-state index is 0.227. The Balaban J connectivity index is 0.000000921. The Hall–Kier alpha value is -0.850. The second-order valence-corrected chi connectivity index (χ2v) is 3.83. The summed E-state index contributed by atoms with van der Waals surface area (Å²) in [6, 6.07) is 0. The molecule has 0 saturated carbocycles. The van der Waals surface area contributed by atoms with E-state index in [-0.39, 0.29) is 5.92 Å². The summed E-state index contributed by atoms with van der Waals surface area (Å²) in [6.45, 7) is 12.0. The third-order valence-electron chi connectivity index (χ3n) is 2.72. The summed E-state index contributed by atoms with van der Waals surface area (Å²) in [4.78, 5) is 11.4. The molecular weight excluding hydrogens is 184 g/mol. The highest BCUT2D eigenvalue weighted by atomic mass is 16.1. The molecule has 0 bridgehead atoms. The molecule has 15 heavy (non-hydrogen) atoms. The minimum absolute atomic E-state index is 0.227. The van der Waals surface area contributed by atoms with Crippen LogP contribution in [0.2, 0.25) is 0 Å². The highest BCUT2D eigenvalue weighted by Crippen LogP contribution is 2.29. The van der Waals surface area contributed by atoms with Crippen LogP contribution in [-0.2, 0) is 4.79 Å². The summed E-state index contributed by atoms with van der Waals surface area (Å²) in [5.74, 6) is 0.597. The Bertz CT molecular complexity index is 248. The monoisotopic (exact) mass is 208 g/mol. The molecule has 1 atom stereocenters. The zero-order chi connectivity index (χ0) is 11.8. The molecule has 0 aromatic carbocycles. The van der Waals surface area contributed by atoms with Gasteiger partial charge in [0.1, 0.15) is 5.78 Å². The molecule has 1 unspecified atom stereocenters. The Morgan fingerprint density at radius 2 is 2.07 bits per heavy atom. The summed E-state index contributed by atoms with van der Waals surface area (Å²) in [5, 5.41) is 0. The van der Waals surface area contributed by atoms with Crippen molar-refractivity contribution in [2.75, 3.05) is 0 Å². The molecule has 0 aliphatic heterocycles. The molecule has 0 radical (unpaired) electrons. The van der Waals surface area contributed by atoms with Crippen LogP contribution in [0.4, 0.5) is 0 Å². The van der Waals surface area contributed by atoms with Gasteiger partial charge in [0.25, 0.3) is 0 Å². The summed E-state index contributed by atoms with van der Waals surface area (Å²) in [5.41, 5.74) is 2.63. The predicted molar refractivity (Wildman–Crippen MR) is 66.9 cm³/mol. The van der Waals surface area contributed by atoms with E-state index in [2.05, 4.69) is 13.5 Å². The van der Waals surface area contributed by atoms with Crippen LogP contribution in [0.3, 0.4) is 0 Å². The lowest BCUT2D eigenvalue weighted by Gasteiger charge is -2.22. The van der Waals surface area contributed by atoms with Gasteiger partial charge in [0.05, 0.1) is 0 Å². The lowest BCUT2D eigenvalue weighted by Crippen LogP contribution is -2.18. The molecule has 0 saturated heterocycles. The molecule has 1 aliphatic carbocycles. The van der Waals surface area contributed by atoms with Gasteiger partial charge in [-0.2, -0.15) is 0 Å². The third-order valence-corrected chi connectivity index (χ3v) is 2.72. The van der Waals surface area contributed by atoms with Crippen molar-refractivity contribution in [1.29, 1.82) is 0 Å². The van der Waals surface area contributed by atoms with Gasteiger partial charge in [-0.15, -0.1) is 0 Å². The Labute approximate surface area is 94.3 Å². The van der Waals surface area contributed by atoms with Crippen molar-refractivity contribution in [3.8, 4) is 0 Å². The molecule has 0 aromatic rings. The van der Waals surface area contributed by atoms with Crippen LogP contribution in [0.5, 0.6) is 0 Å². The third kappa shape index (κ3) is 4.03. The zero-order valence-corrected chi connectivity index (χ0v) is 10.6. The van der Waals surface area contributed by atoms with Gasteiger partial charge in [0.2, 0.25) is 0 Å². The first-order valence-electron chi connectivity index (χ1n) is 6.05. The first-order chi connectivity index (χ1) is 7.19. The van der Waals surface area contributed by atoms with E-state index in [0.29, 0.717) is 12.2 Å². The first-order valence-corrected chi connectivity index (χ1v) is 6.05. The lowest BCUT2D eigenvalue weighted by atomic mass is 9.82. The highest BCUT2D eigenvalue weighted by molar-refractivity contribution is 5.85. The minimum Gasteiger partial charge on any atom is -0.299 e. The van der Waals surface area contributed by atoms with E-state index in [1.807, 2.05) is 26.8 Å². The van der Waals surface area contributed by atoms with Gasteiger partial charge >= 0.3 is 0 Å². The second-order valence-electron chi connectivity index (χ2n) is 3.83. The molecular formula is C14H24O. The Morgan fingerprint density at radius 3 is 2.53 bits per heavy atom. The second kappa shape index (κ2) is 7.44. The largest absolute Gasteiger partial charge is 0.299 e. The molecule has 1 heteroatoms. The number of hydrogen-bond donors (Lipinski definition) is 0. The molecule has 1 rings (SSSR count). The quantitative estimate of drug-likeness (QED) is 0.676. The van der Waals surface area contributed by atoms with Crippen molar-refractivity contribution in [2.45, 2.75) is 53.4 Å². The van der Waals surface area contributed by atoms with E-state index in [1.54, 1.807) is 0 Å². The number of hydrogen-bond acceptors (Lipinski definition) is 1. The number of rotatable bonds is 3. The van der Waals surface area contributed by atoms with Gasteiger partial charge in [0, 0.05) is 12.3 Å². The average molecular weight is 208 g/mol. The number of carbonyl (C=O) groups is 1. The van der Waals surface area contributed by atoms with Gasteiger partial charge in [-0.05, 0) is 18.4 Å². The summed E-state index contributed by atoms with van der Waals surface area (Å²) >= 11 is 0. The molecule has 1 aliphatic rings. The normalized spacial score (nSPS) is 20.8. The zero-order valence-electron chi connectivity index (χ0n) is 10.6. The number of Topliss-reactive ketones (excluding diaryl/α,β-unsaturated/α-hetero) is 1. The van der Waals surface area contributed by atoms with Crippen LogP contribution in [-0.4, -0.2) is 5.78 Å². The SMILES string of the molecule is C=CC1=C(CCC)CC(C)C(=O)C1.CC. The van der Waals surface area contributed by atoms with Crippen molar-refractivity contribution in [3.63, 3.8) is 0 Å². The van der Waals surface area contributed by atoms with E-state index < -0.39 is 0 Å². The molecule has 86 valence electrons. The van der Waals surface area contributed by atoms with Crippen molar-refractivity contribution in [2.24, 2.45) is 5.92 Å². The van der Waals surface area contributed by atoms with Crippen LogP contribution in [0, 0.1) is 5.92 Å². The van der Waals surface area contributed by atoms with Crippen LogP contribution in [0.15, 0.2) is 23.8 Å². The molecule has 0 spiro atoms. The van der Waals surface area contributed by atoms with Crippen LogP contribution in [0.1, 0.15) is 53.4 Å². The Morgan fingerprint density at radius 1 is 1.47 bits per heavy atom. The Kier molecular flexibility index (Phi) is 7.02. The van der Waals surface area contributed by atoms with E-state index in [4.69, 9.17) is 0 Å². The standard InChI is InChI=1S/C12H18O.C2H6/c1-4-6-11-7-9(3)12(13)8-10(11)5-2;1-2/h5,9H,2,4,6-8H2,1,3H3;1-2H3. The number of carbonyl (C=O) groups excluding carboxylic acids is 1. The summed E-state index contributed by atoms with van der Waals surface area (Å²) < 4.78 is 0. The molecule has 0 fully saturated rings. The molecule has 1 nitrogen and oxygen atoms in total. The van der Waals surface area contributed by atoms with Crippen LogP contribution >= 0.6 is 0 Å². The average Bonchev–Trinajstić information content (AvgIpc) is 2.26. The first kappa shape index (κ1) is 14.2. The maximum absolute atomic E-state index is 11.4. The predicted octanol–water partition coefficient (Wildman–Crippen LogP) is 4.29. The summed E-state index contributed by atoms with van der Waals surface area (Å²) in [7, 11) is 0. The van der Waals surface area contributed by atoms with Crippen molar-refractivity contribution >= 4 is 5.78 Å². The smallest absolute Gasteiger partial charge is 0.140 e. The van der Waals surface area contributed by atoms with Crippen molar-refractivity contribution in [1.82, 2.24) is 0 Å². The lowest BCUT2D eigenvalue weighted by molar-refractivity contribution is -0.122. The van der Waals surface area contributed by atoms with Crippen molar-refractivity contribution in [3.05, 3.63) is 23.8 Å². The van der Waals surface area contributed by atoms with E-state index in [0.717, 1.165) is 19.3 Å². The maximum atomic E-state index is 11.4. The number of allylic oxidation sites excluding steroid dienone is 3. The molecule has 0 heterocycles. The van der Waals surface area contributed by atoms with Gasteiger partial charge in [0.15, 0.2) is 0 Å². The summed E-state index contributed by atoms with van der Waals surface area (Å²) in [6.07, 6.45) is 5.70. The fourth-order valence-electron chi connectivity index (χ4n) is 1.88. The molecule has 0 N–H and O–H groups in total. The molecule has 0 amide bonds. The fraction of sp³-hybridized carbons (Fsp3) is 0.643.